The smallest absolute Gasteiger partial charge is 0.386 e. The average Bonchev–Trinajstić information content (AvgIpc) is 2.56. The first kappa shape index (κ1) is 21.7. The van der Waals surface area contributed by atoms with Gasteiger partial charge in [0.05, 0.1) is 6.61 Å². The van der Waals surface area contributed by atoms with Gasteiger partial charge in [-0.3, -0.25) is 0 Å². The highest BCUT2D eigenvalue weighted by atomic mass is 17.2. The highest BCUT2D eigenvalue weighted by molar-refractivity contribution is 5.78. The molecule has 0 aromatic carbocycles. The third-order valence-corrected chi connectivity index (χ3v) is 2.97. The number of aliphatic hydroxyl groups excluding tert-OH is 5. The van der Waals surface area contributed by atoms with Crippen molar-refractivity contribution in [1.82, 2.24) is 0 Å². The topological polar surface area (TPSA) is 206 Å². The van der Waals surface area contributed by atoms with E-state index >= 15 is 0 Å². The summed E-state index contributed by atoms with van der Waals surface area (Å²) in [5.41, 5.74) is 10.7. The van der Waals surface area contributed by atoms with Crippen LogP contribution in [0.15, 0.2) is 0 Å². The van der Waals surface area contributed by atoms with E-state index in [0.29, 0.717) is 19.4 Å². The van der Waals surface area contributed by atoms with Crippen molar-refractivity contribution in [2.75, 3.05) is 13.2 Å². The van der Waals surface area contributed by atoms with Crippen molar-refractivity contribution in [2.45, 2.75) is 49.7 Å². The van der Waals surface area contributed by atoms with Gasteiger partial charge in [-0.15, -0.1) is 0 Å². The maximum Gasteiger partial charge on any atom is 0.386 e. The molecular weight excluding hydrogens is 316 g/mol. The second-order valence-electron chi connectivity index (χ2n) is 4.87. The van der Waals surface area contributed by atoms with Gasteiger partial charge >= 0.3 is 11.9 Å². The van der Waals surface area contributed by atoms with Gasteiger partial charge in [-0.25, -0.2) is 19.4 Å². The summed E-state index contributed by atoms with van der Waals surface area (Å²) in [6, 6.07) is -1.06. The zero-order chi connectivity index (χ0) is 18.0. The van der Waals surface area contributed by atoms with Crippen LogP contribution >= 0.6 is 0 Å². The molecule has 5 atom stereocenters. The second-order valence-corrected chi connectivity index (χ2v) is 4.87. The first-order valence-electron chi connectivity index (χ1n) is 6.97. The van der Waals surface area contributed by atoms with Gasteiger partial charge in [0.2, 0.25) is 0 Å². The molecule has 0 aromatic rings. The zero-order valence-electron chi connectivity index (χ0n) is 12.4. The van der Waals surface area contributed by atoms with E-state index in [4.69, 9.17) is 21.7 Å². The molecule has 0 spiro atoms. The molecule has 0 aliphatic heterocycles. The molecule has 9 N–H and O–H groups in total. The highest BCUT2D eigenvalue weighted by Crippen LogP contribution is 2.07. The number of nitrogens with two attached hydrogens (primary N) is 2. The first-order valence-corrected chi connectivity index (χ1v) is 6.97. The van der Waals surface area contributed by atoms with Gasteiger partial charge in [0.25, 0.3) is 0 Å². The van der Waals surface area contributed by atoms with Crippen LogP contribution in [-0.2, 0) is 19.4 Å². The molecule has 0 amide bonds. The summed E-state index contributed by atoms with van der Waals surface area (Å²) in [7, 11) is 0. The molecule has 0 saturated heterocycles. The minimum absolute atomic E-state index is 0.250. The van der Waals surface area contributed by atoms with Gasteiger partial charge in [-0.1, -0.05) is 6.42 Å². The van der Waals surface area contributed by atoms with Gasteiger partial charge in [-0.2, -0.15) is 0 Å². The minimum atomic E-state index is -2.31. The summed E-state index contributed by atoms with van der Waals surface area (Å²) < 4.78 is 0. The fraction of sp³-hybridized carbons (Fsp3) is 0.833. The summed E-state index contributed by atoms with van der Waals surface area (Å²) in [5.74, 6) is -2.64. The molecular formula is C12H24N2O9. The molecule has 0 saturated carbocycles. The van der Waals surface area contributed by atoms with Gasteiger partial charge < -0.3 is 37.0 Å². The van der Waals surface area contributed by atoms with E-state index in [1.54, 1.807) is 0 Å². The van der Waals surface area contributed by atoms with E-state index in [9.17, 15) is 24.9 Å². The minimum Gasteiger partial charge on any atom is -0.394 e. The molecule has 0 aromatic heterocycles. The van der Waals surface area contributed by atoms with Crippen molar-refractivity contribution in [1.29, 1.82) is 0 Å². The normalized spacial score (nSPS) is 17.7. The van der Waals surface area contributed by atoms with Crippen LogP contribution in [-0.4, -0.2) is 81.1 Å². The lowest BCUT2D eigenvalue weighted by Crippen LogP contribution is -2.49. The second kappa shape index (κ2) is 11.2. The largest absolute Gasteiger partial charge is 0.394 e. The number of carbonyl (C=O) groups is 2. The number of hydrogen-bond donors (Lipinski definition) is 7. The lowest BCUT2D eigenvalue weighted by Gasteiger charge is -2.23. The molecule has 0 radical (unpaired) electrons. The van der Waals surface area contributed by atoms with Crippen LogP contribution in [0.3, 0.4) is 0 Å². The number of unbranched alkanes of at least 4 members (excludes halogenated alkanes) is 1. The van der Waals surface area contributed by atoms with E-state index in [1.807, 2.05) is 0 Å². The Hall–Kier alpha value is -1.34. The Balaban J connectivity index is 4.29. The number of rotatable bonds is 10. The summed E-state index contributed by atoms with van der Waals surface area (Å²) in [6.45, 7) is -0.477. The average molecular weight is 340 g/mol. The summed E-state index contributed by atoms with van der Waals surface area (Å²) in [5, 5.41) is 45.8. The van der Waals surface area contributed by atoms with E-state index in [2.05, 4.69) is 9.78 Å². The Bertz CT molecular complexity index is 368. The molecule has 0 bridgehead atoms. The summed E-state index contributed by atoms with van der Waals surface area (Å²) in [4.78, 5) is 30.9. The van der Waals surface area contributed by atoms with E-state index < -0.39 is 49.0 Å². The molecule has 0 aliphatic rings. The molecule has 0 rings (SSSR count). The zero-order valence-corrected chi connectivity index (χ0v) is 12.4. The molecule has 0 aliphatic carbocycles. The third kappa shape index (κ3) is 7.65. The fourth-order valence-corrected chi connectivity index (χ4v) is 1.48. The Morgan fingerprint density at radius 2 is 1.52 bits per heavy atom. The number of aliphatic hydroxyl groups is 5. The summed E-state index contributed by atoms with van der Waals surface area (Å²) >= 11 is 0. The lowest BCUT2D eigenvalue weighted by molar-refractivity contribution is -0.269. The predicted octanol–water partition coefficient (Wildman–Crippen LogP) is -4.12. The Kier molecular flexibility index (Phi) is 10.6. The Morgan fingerprint density at radius 3 is 2.04 bits per heavy atom. The maximum absolute atomic E-state index is 11.4. The third-order valence-electron chi connectivity index (χ3n) is 2.97. The van der Waals surface area contributed by atoms with E-state index in [0.717, 1.165) is 0 Å². The van der Waals surface area contributed by atoms with E-state index in [-0.39, 0.29) is 6.42 Å². The Labute approximate surface area is 132 Å². The predicted molar refractivity (Wildman–Crippen MR) is 74.2 cm³/mol. The van der Waals surface area contributed by atoms with Crippen LogP contribution in [0.25, 0.3) is 0 Å². The van der Waals surface area contributed by atoms with Crippen molar-refractivity contribution in [3.05, 3.63) is 0 Å². The molecule has 0 fully saturated rings. The molecule has 23 heavy (non-hydrogen) atoms. The van der Waals surface area contributed by atoms with Crippen LogP contribution in [0.2, 0.25) is 0 Å². The van der Waals surface area contributed by atoms with Crippen LogP contribution < -0.4 is 11.5 Å². The van der Waals surface area contributed by atoms with Crippen LogP contribution in [0.5, 0.6) is 0 Å². The van der Waals surface area contributed by atoms with E-state index in [1.165, 1.54) is 0 Å². The quantitative estimate of drug-likeness (QED) is 0.115. The van der Waals surface area contributed by atoms with Gasteiger partial charge in [0, 0.05) is 0 Å². The Morgan fingerprint density at radius 1 is 0.957 bits per heavy atom. The standard InChI is InChI=1S/C12H24N2O9/c13-4-2-1-3-6(14)11(20)22-23-12(21)10(19)9(18)8(17)7(16)5-15/h6-10,15-19H,1-5,13-14H2. The van der Waals surface area contributed by atoms with Crippen molar-refractivity contribution in [3.8, 4) is 0 Å². The number of hydrogen-bond acceptors (Lipinski definition) is 11. The summed E-state index contributed by atoms with van der Waals surface area (Å²) in [6.07, 6.45) is -6.82. The van der Waals surface area contributed by atoms with Crippen molar-refractivity contribution < 1.29 is 44.9 Å². The molecule has 136 valence electrons. The van der Waals surface area contributed by atoms with Crippen molar-refractivity contribution in [2.24, 2.45) is 11.5 Å². The van der Waals surface area contributed by atoms with Crippen molar-refractivity contribution in [3.63, 3.8) is 0 Å². The molecule has 11 nitrogen and oxygen atoms in total. The molecule has 11 heteroatoms. The number of carbonyl (C=O) groups excluding carboxylic acids is 2. The molecule has 5 unspecified atom stereocenters. The lowest BCUT2D eigenvalue weighted by atomic mass is 10.0. The fourth-order valence-electron chi connectivity index (χ4n) is 1.48. The monoisotopic (exact) mass is 340 g/mol. The highest BCUT2D eigenvalue weighted by Gasteiger charge is 2.36. The van der Waals surface area contributed by atoms with Crippen molar-refractivity contribution >= 4 is 11.9 Å². The first-order chi connectivity index (χ1) is 10.8. The van der Waals surface area contributed by atoms with Gasteiger partial charge in [0.15, 0.2) is 6.10 Å². The maximum atomic E-state index is 11.4. The SMILES string of the molecule is NCCCCC(N)C(=O)OOC(=O)C(O)C(O)C(O)C(O)CO. The van der Waals surface area contributed by atoms with Gasteiger partial charge in [-0.05, 0) is 19.4 Å². The molecule has 0 heterocycles. The van der Waals surface area contributed by atoms with Crippen LogP contribution in [0.4, 0.5) is 0 Å². The van der Waals surface area contributed by atoms with Gasteiger partial charge in [0.1, 0.15) is 24.4 Å². The van der Waals surface area contributed by atoms with Crippen LogP contribution in [0.1, 0.15) is 19.3 Å². The van der Waals surface area contributed by atoms with Crippen LogP contribution in [0, 0.1) is 0 Å².